The van der Waals surface area contributed by atoms with E-state index >= 15 is 0 Å². The molecule has 1 aliphatic rings. The van der Waals surface area contributed by atoms with Gasteiger partial charge in [0.05, 0.1) is 10.9 Å². The number of hydrogen-bond donors (Lipinski definition) is 2. The number of nitrogens with zero attached hydrogens (tertiary/aromatic N) is 2. The van der Waals surface area contributed by atoms with E-state index in [1.165, 1.54) is 28.4 Å². The Morgan fingerprint density at radius 2 is 1.87 bits per heavy atom. The fraction of sp³-hybridized carbons (Fsp3) is 0.250. The van der Waals surface area contributed by atoms with Crippen molar-refractivity contribution in [1.29, 1.82) is 0 Å². The number of nitrogen functional groups attached to an aromatic ring is 1. The molecule has 0 saturated carbocycles. The molecule has 7 heteroatoms. The summed E-state index contributed by atoms with van der Waals surface area (Å²) in [5, 5.41) is 0.638. The predicted octanol–water partition coefficient (Wildman–Crippen LogP) is 2.26. The molecule has 1 amide bonds. The topological polar surface area (TPSA) is 84.7 Å². The minimum atomic E-state index is -0.881. The molecule has 2 heterocycles. The molecule has 4 N–H and O–H groups in total. The second-order valence-electron chi connectivity index (χ2n) is 5.70. The molecule has 1 aromatic heterocycles. The Hall–Kier alpha value is -2.41. The number of halogens is 1. The summed E-state index contributed by atoms with van der Waals surface area (Å²) in [5.41, 5.74) is 11.6. The number of guanidine groups is 1. The van der Waals surface area contributed by atoms with Gasteiger partial charge in [0.1, 0.15) is 11.4 Å². The lowest BCUT2D eigenvalue weighted by Gasteiger charge is -2.40. The maximum atomic E-state index is 13.3. The maximum Gasteiger partial charge on any atom is 0.239 e. The van der Waals surface area contributed by atoms with Crippen molar-refractivity contribution < 1.29 is 9.18 Å². The number of rotatable bonds is 2. The molecule has 0 fully saturated rings. The highest BCUT2D eigenvalue weighted by atomic mass is 32.1. The number of benzene rings is 1. The molecule has 23 heavy (non-hydrogen) atoms. The summed E-state index contributed by atoms with van der Waals surface area (Å²) in [4.78, 5) is 19.6. The molecule has 1 aliphatic heterocycles. The largest absolute Gasteiger partial charge is 0.391 e. The van der Waals surface area contributed by atoms with Crippen LogP contribution in [0.2, 0.25) is 0 Å². The van der Waals surface area contributed by atoms with E-state index in [4.69, 9.17) is 11.5 Å². The SMILES string of the molecule is CN1C(=O)[C@@H](c2ccc(F)cc2)[C@@](C)(c2ccc(N)s2)N=C1N. The quantitative estimate of drug-likeness (QED) is 0.884. The number of anilines is 1. The monoisotopic (exact) mass is 332 g/mol. The molecule has 120 valence electrons. The minimum Gasteiger partial charge on any atom is -0.391 e. The Bertz CT molecular complexity index is 786. The van der Waals surface area contributed by atoms with Crippen LogP contribution in [0.25, 0.3) is 0 Å². The van der Waals surface area contributed by atoms with Crippen LogP contribution in [0.1, 0.15) is 23.3 Å². The van der Waals surface area contributed by atoms with E-state index in [-0.39, 0.29) is 17.7 Å². The first-order valence-electron chi connectivity index (χ1n) is 7.07. The second-order valence-corrected chi connectivity index (χ2v) is 6.82. The van der Waals surface area contributed by atoms with Crippen molar-refractivity contribution in [1.82, 2.24) is 4.90 Å². The third-order valence-corrected chi connectivity index (χ3v) is 5.30. The molecule has 0 unspecified atom stereocenters. The van der Waals surface area contributed by atoms with Gasteiger partial charge in [0.15, 0.2) is 5.96 Å². The van der Waals surface area contributed by atoms with Crippen LogP contribution in [0.15, 0.2) is 41.4 Å². The van der Waals surface area contributed by atoms with E-state index in [0.29, 0.717) is 10.6 Å². The van der Waals surface area contributed by atoms with Gasteiger partial charge in [-0.05, 0) is 36.8 Å². The van der Waals surface area contributed by atoms with Crippen LogP contribution in [0.5, 0.6) is 0 Å². The summed E-state index contributed by atoms with van der Waals surface area (Å²) in [6.45, 7) is 1.85. The van der Waals surface area contributed by atoms with Crippen LogP contribution >= 0.6 is 11.3 Å². The third kappa shape index (κ3) is 2.46. The van der Waals surface area contributed by atoms with Crippen LogP contribution in [0.4, 0.5) is 9.39 Å². The molecule has 0 spiro atoms. The summed E-state index contributed by atoms with van der Waals surface area (Å²) >= 11 is 1.37. The number of carbonyl (C=O) groups excluding carboxylic acids is 1. The molecule has 2 atom stereocenters. The Labute approximate surface area is 137 Å². The normalized spacial score (nSPS) is 24.7. The van der Waals surface area contributed by atoms with Crippen LogP contribution in [0, 0.1) is 5.82 Å². The fourth-order valence-corrected chi connectivity index (χ4v) is 3.77. The fourth-order valence-electron chi connectivity index (χ4n) is 2.87. The van der Waals surface area contributed by atoms with Gasteiger partial charge in [-0.15, -0.1) is 11.3 Å². The first-order chi connectivity index (χ1) is 10.8. The molecule has 3 rings (SSSR count). The van der Waals surface area contributed by atoms with Gasteiger partial charge in [0.25, 0.3) is 0 Å². The van der Waals surface area contributed by atoms with Crippen molar-refractivity contribution in [2.24, 2.45) is 10.7 Å². The minimum absolute atomic E-state index is 0.155. The van der Waals surface area contributed by atoms with Crippen molar-refractivity contribution in [2.75, 3.05) is 12.8 Å². The number of carbonyl (C=O) groups is 1. The Balaban J connectivity index is 2.20. The Morgan fingerprint density at radius 3 is 2.43 bits per heavy atom. The van der Waals surface area contributed by atoms with E-state index in [1.807, 2.05) is 13.0 Å². The smallest absolute Gasteiger partial charge is 0.239 e. The lowest BCUT2D eigenvalue weighted by molar-refractivity contribution is -0.130. The van der Waals surface area contributed by atoms with Gasteiger partial charge >= 0.3 is 0 Å². The number of nitrogens with two attached hydrogens (primary N) is 2. The van der Waals surface area contributed by atoms with Crippen LogP contribution in [0.3, 0.4) is 0 Å². The standard InChI is InChI=1S/C16H17FN4OS/c1-16(11-7-8-12(18)23-11)13(9-3-5-10(17)6-4-9)14(22)21(2)15(19)20-16/h3-8,13H,18H2,1-2H3,(H2,19,20)/t13-,16-/m1/s1. The van der Waals surface area contributed by atoms with Gasteiger partial charge in [-0.2, -0.15) is 0 Å². The molecule has 0 radical (unpaired) electrons. The Kier molecular flexibility index (Phi) is 3.60. The van der Waals surface area contributed by atoms with Crippen LogP contribution in [-0.4, -0.2) is 23.8 Å². The number of hydrogen-bond acceptors (Lipinski definition) is 5. The highest BCUT2D eigenvalue weighted by Gasteiger charge is 2.47. The summed E-state index contributed by atoms with van der Waals surface area (Å²) in [6.07, 6.45) is 0. The number of thiophene rings is 1. The maximum absolute atomic E-state index is 13.3. The summed E-state index contributed by atoms with van der Waals surface area (Å²) in [6, 6.07) is 9.53. The van der Waals surface area contributed by atoms with E-state index in [2.05, 4.69) is 4.99 Å². The van der Waals surface area contributed by atoms with E-state index in [1.54, 1.807) is 25.2 Å². The molecule has 1 aromatic carbocycles. The third-order valence-electron chi connectivity index (χ3n) is 4.16. The first kappa shape index (κ1) is 15.5. The average Bonchev–Trinajstić information content (AvgIpc) is 2.94. The van der Waals surface area contributed by atoms with Crippen molar-refractivity contribution in [2.45, 2.75) is 18.4 Å². The number of aliphatic imine (C=N–C) groups is 1. The molecular formula is C16H17FN4OS. The zero-order valence-electron chi connectivity index (χ0n) is 12.8. The second kappa shape index (κ2) is 5.34. The number of likely N-dealkylation sites (N-methyl/N-ethyl adjacent to an activating group) is 1. The average molecular weight is 332 g/mol. The highest BCUT2D eigenvalue weighted by Crippen LogP contribution is 2.46. The lowest BCUT2D eigenvalue weighted by Crippen LogP contribution is -2.52. The molecule has 0 saturated heterocycles. The Morgan fingerprint density at radius 1 is 1.22 bits per heavy atom. The zero-order valence-corrected chi connectivity index (χ0v) is 13.6. The molecule has 0 aliphatic carbocycles. The summed E-state index contributed by atoms with van der Waals surface area (Å²) in [7, 11) is 1.58. The van der Waals surface area contributed by atoms with Gasteiger partial charge in [-0.3, -0.25) is 9.69 Å². The first-order valence-corrected chi connectivity index (χ1v) is 7.88. The van der Waals surface area contributed by atoms with Gasteiger partial charge in [0.2, 0.25) is 5.91 Å². The zero-order chi connectivity index (χ0) is 16.8. The molecule has 5 nitrogen and oxygen atoms in total. The van der Waals surface area contributed by atoms with Gasteiger partial charge in [-0.1, -0.05) is 12.1 Å². The van der Waals surface area contributed by atoms with Gasteiger partial charge in [0, 0.05) is 11.9 Å². The predicted molar refractivity (Wildman–Crippen MR) is 89.6 cm³/mol. The van der Waals surface area contributed by atoms with Crippen molar-refractivity contribution in [3.05, 3.63) is 52.7 Å². The van der Waals surface area contributed by atoms with Gasteiger partial charge < -0.3 is 11.5 Å². The molecule has 0 bridgehead atoms. The molecular weight excluding hydrogens is 315 g/mol. The van der Waals surface area contributed by atoms with Crippen LogP contribution < -0.4 is 11.5 Å². The number of amides is 1. The summed E-state index contributed by atoms with van der Waals surface area (Å²) in [5.74, 6) is -0.977. The van der Waals surface area contributed by atoms with Crippen LogP contribution in [-0.2, 0) is 10.3 Å². The van der Waals surface area contributed by atoms with Crippen molar-refractivity contribution in [3.8, 4) is 0 Å². The lowest BCUT2D eigenvalue weighted by atomic mass is 9.78. The highest BCUT2D eigenvalue weighted by molar-refractivity contribution is 7.16. The molecule has 2 aromatic rings. The summed E-state index contributed by atoms with van der Waals surface area (Å²) < 4.78 is 13.3. The van der Waals surface area contributed by atoms with Crippen molar-refractivity contribution >= 4 is 28.2 Å². The van der Waals surface area contributed by atoms with Gasteiger partial charge in [-0.25, -0.2) is 9.38 Å². The van der Waals surface area contributed by atoms with Crippen molar-refractivity contribution in [3.63, 3.8) is 0 Å². The van der Waals surface area contributed by atoms with E-state index in [0.717, 1.165) is 4.88 Å². The van der Waals surface area contributed by atoms with E-state index in [9.17, 15) is 9.18 Å². The van der Waals surface area contributed by atoms with E-state index < -0.39 is 11.5 Å².